The van der Waals surface area contributed by atoms with Crippen LogP contribution in [0.25, 0.3) is 0 Å². The molecule has 0 radical (unpaired) electrons. The first-order chi connectivity index (χ1) is 12.2. The summed E-state index contributed by atoms with van der Waals surface area (Å²) in [5.74, 6) is 1.06. The largest absolute Gasteiger partial charge is 0.388 e. The minimum absolute atomic E-state index is 0.299. The lowest BCUT2D eigenvalue weighted by atomic mass is 9.54. The van der Waals surface area contributed by atoms with E-state index in [9.17, 15) is 5.11 Å². The van der Waals surface area contributed by atoms with E-state index in [-0.39, 0.29) is 6.10 Å². The van der Waals surface area contributed by atoms with Crippen molar-refractivity contribution in [1.29, 1.82) is 0 Å². The van der Waals surface area contributed by atoms with Gasteiger partial charge < -0.3 is 5.11 Å². The monoisotopic (exact) mass is 354 g/mol. The highest BCUT2D eigenvalue weighted by Crippen LogP contribution is 2.66. The zero-order valence-electron chi connectivity index (χ0n) is 17.4. The molecular formula is C25H38O. The smallest absolute Gasteiger partial charge is 0.0787 e. The quantitative estimate of drug-likeness (QED) is 0.555. The van der Waals surface area contributed by atoms with Crippen LogP contribution in [0.1, 0.15) is 79.1 Å². The van der Waals surface area contributed by atoms with Gasteiger partial charge in [-0.3, -0.25) is 0 Å². The van der Waals surface area contributed by atoms with E-state index in [1.54, 1.807) is 5.57 Å². The van der Waals surface area contributed by atoms with Gasteiger partial charge in [0.15, 0.2) is 0 Å². The summed E-state index contributed by atoms with van der Waals surface area (Å²) in [5.41, 5.74) is 6.14. The van der Waals surface area contributed by atoms with Crippen LogP contribution in [0.3, 0.4) is 0 Å². The number of aliphatic hydroxyl groups excluding tert-OH is 1. The predicted octanol–water partition coefficient (Wildman–Crippen LogP) is 6.76. The molecule has 1 heteroatoms. The van der Waals surface area contributed by atoms with E-state index in [0.717, 1.165) is 24.8 Å². The molecule has 3 aliphatic rings. The Morgan fingerprint density at radius 2 is 1.96 bits per heavy atom. The van der Waals surface area contributed by atoms with E-state index >= 15 is 0 Å². The van der Waals surface area contributed by atoms with Crippen molar-refractivity contribution in [2.75, 3.05) is 0 Å². The lowest BCUT2D eigenvalue weighted by Crippen LogP contribution is -2.41. The Balaban J connectivity index is 1.87. The third kappa shape index (κ3) is 3.07. The molecule has 0 aromatic heterocycles. The van der Waals surface area contributed by atoms with Crippen LogP contribution in [0.4, 0.5) is 0 Å². The highest BCUT2D eigenvalue weighted by atomic mass is 16.3. The maximum absolute atomic E-state index is 10.2. The van der Waals surface area contributed by atoms with Crippen LogP contribution in [0.2, 0.25) is 0 Å². The molecule has 0 amide bonds. The van der Waals surface area contributed by atoms with E-state index in [4.69, 9.17) is 0 Å². The maximum atomic E-state index is 10.2. The number of hydrogen-bond donors (Lipinski definition) is 1. The molecule has 144 valence electrons. The summed E-state index contributed by atoms with van der Waals surface area (Å²) in [7, 11) is 0. The normalized spacial score (nSPS) is 43.7. The van der Waals surface area contributed by atoms with Crippen molar-refractivity contribution < 1.29 is 5.11 Å². The fourth-order valence-electron chi connectivity index (χ4n) is 6.16. The zero-order chi connectivity index (χ0) is 19.1. The number of hydrogen-bond acceptors (Lipinski definition) is 1. The molecule has 3 saturated carbocycles. The van der Waals surface area contributed by atoms with E-state index in [1.807, 2.05) is 0 Å². The highest BCUT2D eigenvalue weighted by molar-refractivity contribution is 5.33. The van der Waals surface area contributed by atoms with Gasteiger partial charge in [0.1, 0.15) is 0 Å². The van der Waals surface area contributed by atoms with Crippen molar-refractivity contribution in [3.8, 4) is 0 Å². The molecule has 3 rings (SSSR count). The summed E-state index contributed by atoms with van der Waals surface area (Å²) in [6.45, 7) is 18.0. The van der Waals surface area contributed by atoms with Gasteiger partial charge in [0, 0.05) is 0 Å². The third-order valence-corrected chi connectivity index (χ3v) is 8.37. The van der Waals surface area contributed by atoms with Gasteiger partial charge in [0.2, 0.25) is 0 Å². The molecule has 0 aromatic carbocycles. The second-order valence-corrected chi connectivity index (χ2v) is 9.62. The molecule has 26 heavy (non-hydrogen) atoms. The van der Waals surface area contributed by atoms with Gasteiger partial charge in [-0.05, 0) is 79.6 Å². The average molecular weight is 355 g/mol. The lowest BCUT2D eigenvalue weighted by Gasteiger charge is -2.50. The number of aliphatic hydroxyl groups is 1. The van der Waals surface area contributed by atoms with Crippen LogP contribution in [-0.2, 0) is 0 Å². The topological polar surface area (TPSA) is 20.2 Å². The SMILES string of the molecule is C=C1C(C)C/C(=C\C=C2/CCCC3(C)[C@@H](C(=C)CC)CC[C@@]23C)C[C@H]1O. The average Bonchev–Trinajstić information content (AvgIpc) is 2.89. The molecule has 0 aromatic rings. The highest BCUT2D eigenvalue weighted by Gasteiger charge is 2.57. The van der Waals surface area contributed by atoms with Crippen molar-refractivity contribution in [3.05, 3.63) is 47.6 Å². The number of fused-ring (bicyclic) bond motifs is 1. The molecule has 1 N–H and O–H groups in total. The fraction of sp³-hybridized carbons (Fsp3) is 0.680. The summed E-state index contributed by atoms with van der Waals surface area (Å²) >= 11 is 0. The Labute approximate surface area is 161 Å². The Morgan fingerprint density at radius 3 is 2.62 bits per heavy atom. The second kappa shape index (κ2) is 7.15. The fourth-order valence-corrected chi connectivity index (χ4v) is 6.16. The van der Waals surface area contributed by atoms with Crippen LogP contribution in [-0.4, -0.2) is 11.2 Å². The van der Waals surface area contributed by atoms with Gasteiger partial charge in [-0.25, -0.2) is 0 Å². The van der Waals surface area contributed by atoms with Crippen molar-refractivity contribution in [2.24, 2.45) is 22.7 Å². The summed E-state index contributed by atoms with van der Waals surface area (Å²) < 4.78 is 0. The van der Waals surface area contributed by atoms with Gasteiger partial charge in [-0.15, -0.1) is 0 Å². The Bertz CT molecular complexity index is 635. The summed E-state index contributed by atoms with van der Waals surface area (Å²) in [4.78, 5) is 0. The number of rotatable bonds is 3. The lowest BCUT2D eigenvalue weighted by molar-refractivity contribution is 0.0737. The third-order valence-electron chi connectivity index (χ3n) is 8.37. The molecular weight excluding hydrogens is 316 g/mol. The maximum Gasteiger partial charge on any atom is 0.0787 e. The van der Waals surface area contributed by atoms with Gasteiger partial charge in [-0.2, -0.15) is 0 Å². The zero-order valence-corrected chi connectivity index (χ0v) is 17.4. The van der Waals surface area contributed by atoms with E-state index in [0.29, 0.717) is 22.7 Å². The van der Waals surface area contributed by atoms with Gasteiger partial charge >= 0.3 is 0 Å². The van der Waals surface area contributed by atoms with Gasteiger partial charge in [0.05, 0.1) is 6.10 Å². The summed E-state index contributed by atoms with van der Waals surface area (Å²) in [6, 6.07) is 0. The summed E-state index contributed by atoms with van der Waals surface area (Å²) in [6.07, 6.45) is 13.8. The summed E-state index contributed by atoms with van der Waals surface area (Å²) in [5, 5.41) is 10.2. The Kier molecular flexibility index (Phi) is 5.41. The molecule has 0 saturated heterocycles. The van der Waals surface area contributed by atoms with Crippen molar-refractivity contribution in [3.63, 3.8) is 0 Å². The van der Waals surface area contributed by atoms with Crippen molar-refractivity contribution >= 4 is 0 Å². The first-order valence-electron chi connectivity index (χ1n) is 10.7. The van der Waals surface area contributed by atoms with Crippen LogP contribution < -0.4 is 0 Å². The van der Waals surface area contributed by atoms with Crippen LogP contribution in [0.15, 0.2) is 47.6 Å². The van der Waals surface area contributed by atoms with E-state index in [2.05, 4.69) is 53.0 Å². The molecule has 0 aliphatic heterocycles. The van der Waals surface area contributed by atoms with Gasteiger partial charge in [-0.1, -0.05) is 69.7 Å². The first-order valence-corrected chi connectivity index (χ1v) is 10.7. The minimum Gasteiger partial charge on any atom is -0.388 e. The molecule has 0 spiro atoms. The van der Waals surface area contributed by atoms with Crippen LogP contribution >= 0.6 is 0 Å². The number of allylic oxidation sites excluding steroid dienone is 4. The van der Waals surface area contributed by atoms with Crippen LogP contribution in [0, 0.1) is 22.7 Å². The van der Waals surface area contributed by atoms with Gasteiger partial charge in [0.25, 0.3) is 0 Å². The van der Waals surface area contributed by atoms with E-state index in [1.165, 1.54) is 43.3 Å². The molecule has 0 heterocycles. The predicted molar refractivity (Wildman–Crippen MR) is 112 cm³/mol. The molecule has 3 fully saturated rings. The Morgan fingerprint density at radius 1 is 1.23 bits per heavy atom. The molecule has 2 unspecified atom stereocenters. The molecule has 0 bridgehead atoms. The van der Waals surface area contributed by atoms with Crippen molar-refractivity contribution in [2.45, 2.75) is 85.2 Å². The molecule has 3 aliphatic carbocycles. The second-order valence-electron chi connectivity index (χ2n) is 9.62. The molecule has 1 nitrogen and oxygen atoms in total. The van der Waals surface area contributed by atoms with Crippen molar-refractivity contribution in [1.82, 2.24) is 0 Å². The van der Waals surface area contributed by atoms with E-state index < -0.39 is 0 Å². The molecule has 5 atom stereocenters. The standard InChI is InChI=1S/C25H38O/c1-7-17(2)22-12-14-24(5)21(9-8-13-25(22,24)6)11-10-20-15-18(3)19(4)23(26)16-20/h10-11,18,22-23,26H,2,4,7-9,12-16H2,1,3,5-6H3/b20-10+,21-11+/t18?,22-,23-,24+,25?/m1/s1. The van der Waals surface area contributed by atoms with Crippen LogP contribution in [0.5, 0.6) is 0 Å². The first kappa shape index (κ1) is 19.7. The minimum atomic E-state index is -0.362. The Hall–Kier alpha value is -1.08.